The van der Waals surface area contributed by atoms with Gasteiger partial charge in [-0.25, -0.2) is 4.99 Å². The molecule has 3 aromatic rings. The summed E-state index contributed by atoms with van der Waals surface area (Å²) in [5.41, 5.74) is 7.95. The van der Waals surface area contributed by atoms with Crippen LogP contribution in [-0.2, 0) is 14.3 Å². The molecule has 0 saturated heterocycles. The van der Waals surface area contributed by atoms with Gasteiger partial charge in [0.25, 0.3) is 10.1 Å². The number of hydrogen-bond donors (Lipinski definition) is 1. The summed E-state index contributed by atoms with van der Waals surface area (Å²) >= 11 is 0. The van der Waals surface area contributed by atoms with Crippen molar-refractivity contribution in [3.8, 4) is 0 Å². The summed E-state index contributed by atoms with van der Waals surface area (Å²) in [5.74, 6) is 0.715. The highest BCUT2D eigenvalue weighted by molar-refractivity contribution is 7.86. The summed E-state index contributed by atoms with van der Waals surface area (Å²) in [6.45, 7) is 2.04. The van der Waals surface area contributed by atoms with Crippen LogP contribution in [0.15, 0.2) is 82.7 Å². The van der Waals surface area contributed by atoms with Crippen LogP contribution < -0.4 is 10.4 Å². The molecule has 0 amide bonds. The molecular weight excluding hydrogens is 374 g/mol. The van der Waals surface area contributed by atoms with E-state index in [4.69, 9.17) is 4.99 Å². The van der Waals surface area contributed by atoms with Crippen LogP contribution in [0.1, 0.15) is 11.1 Å². The molecule has 0 bridgehead atoms. The highest BCUT2D eigenvalue weighted by Crippen LogP contribution is 2.36. The first-order valence-electron chi connectivity index (χ1n) is 8.70. The monoisotopic (exact) mass is 393 g/mol. The lowest BCUT2D eigenvalue weighted by molar-refractivity contribution is 0.398. The van der Waals surface area contributed by atoms with Crippen LogP contribution in [0.3, 0.4) is 0 Å². The molecule has 0 radical (unpaired) electrons. The Kier molecular flexibility index (Phi) is 4.62. The lowest BCUT2D eigenvalue weighted by atomic mass is 10.1. The topological polar surface area (TPSA) is 71.0 Å². The van der Waals surface area contributed by atoms with Gasteiger partial charge in [0.2, 0.25) is 0 Å². The van der Waals surface area contributed by atoms with E-state index in [0.29, 0.717) is 5.84 Å². The van der Waals surface area contributed by atoms with Gasteiger partial charge in [-0.05, 0) is 43.3 Å². The Labute approximate surface area is 164 Å². The maximum Gasteiger partial charge on any atom is 0.296 e. The maximum absolute atomic E-state index is 11.9. The van der Waals surface area contributed by atoms with Gasteiger partial charge in [0.15, 0.2) is 5.84 Å². The first-order chi connectivity index (χ1) is 13.5. The van der Waals surface area contributed by atoms with E-state index < -0.39 is 10.1 Å². The van der Waals surface area contributed by atoms with Crippen molar-refractivity contribution in [1.29, 1.82) is 0 Å². The number of fused-ring (bicyclic) bond motifs is 1. The van der Waals surface area contributed by atoms with E-state index in [1.807, 2.05) is 60.5 Å². The van der Waals surface area contributed by atoms with Gasteiger partial charge in [-0.3, -0.25) is 14.6 Å². The van der Waals surface area contributed by atoms with E-state index in [9.17, 15) is 8.42 Å². The van der Waals surface area contributed by atoms with Crippen molar-refractivity contribution < 1.29 is 12.6 Å². The van der Waals surface area contributed by atoms with Crippen LogP contribution in [0.25, 0.3) is 0 Å². The van der Waals surface area contributed by atoms with Crippen LogP contribution in [0, 0.1) is 6.92 Å². The molecule has 0 unspecified atom stereocenters. The molecule has 0 aromatic heterocycles. The number of nitrogens with one attached hydrogen (secondary N) is 1. The molecule has 0 spiro atoms. The first-order valence-corrected chi connectivity index (χ1v) is 10.1. The third-order valence-electron chi connectivity index (χ3n) is 4.50. The molecule has 1 N–H and O–H groups in total. The van der Waals surface area contributed by atoms with Crippen molar-refractivity contribution in [3.05, 3.63) is 83.9 Å². The molecule has 1 aliphatic heterocycles. The molecule has 1 heterocycles. The molecular formula is C21H19N3O3S. The quantitative estimate of drug-likeness (QED) is 0.677. The highest BCUT2D eigenvalue weighted by Gasteiger charge is 2.22. The van der Waals surface area contributed by atoms with Gasteiger partial charge in [0.1, 0.15) is 0 Å². The Morgan fingerprint density at radius 2 is 1.61 bits per heavy atom. The largest absolute Gasteiger partial charge is 0.296 e. The van der Waals surface area contributed by atoms with Gasteiger partial charge in [-0.15, -0.1) is 0 Å². The number of nitrogens with zero attached hydrogens (tertiary/aromatic N) is 2. The van der Waals surface area contributed by atoms with Crippen molar-refractivity contribution >= 4 is 33.0 Å². The number of hydrogen-bond acceptors (Lipinski definition) is 6. The average Bonchev–Trinajstić information content (AvgIpc) is 2.73. The van der Waals surface area contributed by atoms with E-state index in [-0.39, 0.29) is 4.90 Å². The first kappa shape index (κ1) is 18.2. The smallest absolute Gasteiger partial charge is 0.276 e. The molecule has 1 aliphatic rings. The van der Waals surface area contributed by atoms with Crippen LogP contribution in [0.4, 0.5) is 17.1 Å². The van der Waals surface area contributed by atoms with E-state index in [1.54, 1.807) is 12.1 Å². The Morgan fingerprint density at radius 3 is 2.29 bits per heavy atom. The van der Waals surface area contributed by atoms with Crippen LogP contribution in [-0.4, -0.2) is 21.4 Å². The normalized spacial score (nSPS) is 13.5. The SMILES string of the molecule is COS(=O)(=O)c1ccc(N2NC(c3ccc(C)cc3)=Nc3ccccc32)cc1. The molecule has 4 rings (SSSR count). The number of hydrazine groups is 1. The summed E-state index contributed by atoms with van der Waals surface area (Å²) in [5, 5.41) is 1.89. The van der Waals surface area contributed by atoms with E-state index in [0.717, 1.165) is 29.7 Å². The van der Waals surface area contributed by atoms with Crippen molar-refractivity contribution in [1.82, 2.24) is 5.43 Å². The standard InChI is InChI=1S/C21H19N3O3S/c1-15-7-9-16(10-8-15)21-22-19-5-3-4-6-20(19)24(23-21)17-11-13-18(14-12-17)28(25,26)27-2/h3-14H,1-2H3,(H,22,23). The minimum absolute atomic E-state index is 0.108. The van der Waals surface area contributed by atoms with Gasteiger partial charge in [-0.2, -0.15) is 8.42 Å². The Hall–Kier alpha value is -3.16. The Bertz CT molecular complexity index is 1140. The van der Waals surface area contributed by atoms with Crippen LogP contribution >= 0.6 is 0 Å². The second-order valence-electron chi connectivity index (χ2n) is 6.38. The number of amidine groups is 1. The minimum atomic E-state index is -3.73. The van der Waals surface area contributed by atoms with Gasteiger partial charge in [0.05, 0.1) is 29.1 Å². The lowest BCUT2D eigenvalue weighted by Gasteiger charge is -2.32. The molecule has 3 aromatic carbocycles. The summed E-state index contributed by atoms with van der Waals surface area (Å²) in [6, 6.07) is 22.4. The van der Waals surface area contributed by atoms with Crippen molar-refractivity contribution in [2.24, 2.45) is 4.99 Å². The van der Waals surface area contributed by atoms with Crippen molar-refractivity contribution in [2.75, 3.05) is 12.1 Å². The fourth-order valence-electron chi connectivity index (χ4n) is 2.96. The summed E-state index contributed by atoms with van der Waals surface area (Å²) < 4.78 is 28.3. The molecule has 0 aliphatic carbocycles. The third kappa shape index (κ3) is 3.37. The number of rotatable bonds is 4. The zero-order chi connectivity index (χ0) is 19.7. The van der Waals surface area contributed by atoms with Gasteiger partial charge in [-0.1, -0.05) is 42.0 Å². The molecule has 6 nitrogen and oxygen atoms in total. The summed E-state index contributed by atoms with van der Waals surface area (Å²) in [7, 11) is -2.58. The Morgan fingerprint density at radius 1 is 0.929 bits per heavy atom. The number of aliphatic imine (C=N–C) groups is 1. The van der Waals surface area contributed by atoms with Crippen molar-refractivity contribution in [2.45, 2.75) is 11.8 Å². The maximum atomic E-state index is 11.9. The van der Waals surface area contributed by atoms with E-state index in [1.165, 1.54) is 17.7 Å². The lowest BCUT2D eigenvalue weighted by Crippen LogP contribution is -2.41. The number of para-hydroxylation sites is 2. The molecule has 0 atom stereocenters. The summed E-state index contributed by atoms with van der Waals surface area (Å²) in [6.07, 6.45) is 0. The Balaban J connectivity index is 1.75. The fourth-order valence-corrected chi connectivity index (χ4v) is 3.62. The fraction of sp³-hybridized carbons (Fsp3) is 0.0952. The number of anilines is 2. The van der Waals surface area contributed by atoms with Gasteiger partial charge >= 0.3 is 0 Å². The number of benzene rings is 3. The molecule has 7 heteroatoms. The van der Waals surface area contributed by atoms with Crippen molar-refractivity contribution in [3.63, 3.8) is 0 Å². The molecule has 142 valence electrons. The second kappa shape index (κ2) is 7.10. The van der Waals surface area contributed by atoms with Gasteiger partial charge < -0.3 is 0 Å². The van der Waals surface area contributed by atoms with Gasteiger partial charge in [0, 0.05) is 5.56 Å². The third-order valence-corrected chi connectivity index (χ3v) is 5.79. The highest BCUT2D eigenvalue weighted by atomic mass is 32.2. The predicted octanol–water partition coefficient (Wildman–Crippen LogP) is 4.06. The van der Waals surface area contributed by atoms with Crippen LogP contribution in [0.5, 0.6) is 0 Å². The van der Waals surface area contributed by atoms with E-state index in [2.05, 4.69) is 9.61 Å². The van der Waals surface area contributed by atoms with Crippen LogP contribution in [0.2, 0.25) is 0 Å². The second-order valence-corrected chi connectivity index (χ2v) is 8.09. The molecule has 0 fully saturated rings. The summed E-state index contributed by atoms with van der Waals surface area (Å²) in [4.78, 5) is 4.85. The zero-order valence-corrected chi connectivity index (χ0v) is 16.3. The number of aryl methyl sites for hydroxylation is 1. The predicted molar refractivity (Wildman–Crippen MR) is 110 cm³/mol. The molecule has 28 heavy (non-hydrogen) atoms. The zero-order valence-electron chi connectivity index (χ0n) is 15.5. The minimum Gasteiger partial charge on any atom is -0.276 e. The van der Waals surface area contributed by atoms with E-state index >= 15 is 0 Å². The average molecular weight is 393 g/mol. The molecule has 0 saturated carbocycles.